The molecule has 1 fully saturated rings. The minimum atomic E-state index is -0.0855. The van der Waals surface area contributed by atoms with Crippen LogP contribution in [0, 0.1) is 12.3 Å². The minimum absolute atomic E-state index is 0.0287. The molecule has 1 aliphatic rings. The van der Waals surface area contributed by atoms with Crippen LogP contribution in [0.2, 0.25) is 0 Å². The maximum Gasteiger partial charge on any atom is 0.237 e. The van der Waals surface area contributed by atoms with E-state index in [9.17, 15) is 4.79 Å². The van der Waals surface area contributed by atoms with Crippen molar-refractivity contribution in [3.05, 3.63) is 0 Å². The van der Waals surface area contributed by atoms with E-state index >= 15 is 0 Å². The molecule has 1 saturated heterocycles. The average molecular weight is 237 g/mol. The summed E-state index contributed by atoms with van der Waals surface area (Å²) in [5, 5.41) is 2.73. The Hall–Kier alpha value is -1.05. The van der Waals surface area contributed by atoms with Crippen molar-refractivity contribution in [2.45, 2.75) is 32.9 Å². The number of hydrogen-bond donors (Lipinski definition) is 1. The molecule has 0 aromatic rings. The Balaban J connectivity index is 2.38. The van der Waals surface area contributed by atoms with Gasteiger partial charge in [-0.1, -0.05) is 5.92 Å². The van der Waals surface area contributed by atoms with Crippen molar-refractivity contribution in [1.29, 1.82) is 0 Å². The lowest BCUT2D eigenvalue weighted by atomic mass is 10.2. The molecule has 0 bridgehead atoms. The Morgan fingerprint density at radius 2 is 1.76 bits per heavy atom. The highest BCUT2D eigenvalue weighted by molar-refractivity contribution is 5.81. The minimum Gasteiger partial charge on any atom is -0.344 e. The summed E-state index contributed by atoms with van der Waals surface area (Å²) in [4.78, 5) is 16.4. The van der Waals surface area contributed by atoms with E-state index in [-0.39, 0.29) is 11.9 Å². The first-order chi connectivity index (χ1) is 8.06. The van der Waals surface area contributed by atoms with Gasteiger partial charge in [0.2, 0.25) is 5.91 Å². The molecule has 96 valence electrons. The predicted octanol–water partition coefficient (Wildman–Crippen LogP) is 0.150. The van der Waals surface area contributed by atoms with Crippen molar-refractivity contribution in [2.75, 3.05) is 32.7 Å². The van der Waals surface area contributed by atoms with Gasteiger partial charge >= 0.3 is 0 Å². The van der Waals surface area contributed by atoms with E-state index in [1.807, 2.05) is 6.92 Å². The Morgan fingerprint density at radius 1 is 1.24 bits per heavy atom. The number of terminal acetylenes is 1. The zero-order valence-corrected chi connectivity index (χ0v) is 11.1. The fourth-order valence-corrected chi connectivity index (χ4v) is 2.09. The van der Waals surface area contributed by atoms with E-state index in [1.165, 1.54) is 0 Å². The number of piperazine rings is 1. The van der Waals surface area contributed by atoms with Gasteiger partial charge in [-0.2, -0.15) is 0 Å². The normalized spacial score (nSPS) is 19.9. The van der Waals surface area contributed by atoms with E-state index in [2.05, 4.69) is 34.9 Å². The molecule has 1 heterocycles. The van der Waals surface area contributed by atoms with Crippen LogP contribution in [0.1, 0.15) is 20.8 Å². The fraction of sp³-hybridized carbons (Fsp3) is 0.769. The van der Waals surface area contributed by atoms with Crippen LogP contribution >= 0.6 is 0 Å². The Labute approximate surface area is 104 Å². The van der Waals surface area contributed by atoms with E-state index in [0.29, 0.717) is 12.6 Å². The number of amides is 1. The Kier molecular flexibility index (Phi) is 5.46. The quantitative estimate of drug-likeness (QED) is 0.707. The zero-order chi connectivity index (χ0) is 12.8. The predicted molar refractivity (Wildman–Crippen MR) is 69.6 cm³/mol. The molecule has 17 heavy (non-hydrogen) atoms. The number of nitrogens with zero attached hydrogens (tertiary/aromatic N) is 2. The lowest BCUT2D eigenvalue weighted by molar-refractivity contribution is -0.126. The summed E-state index contributed by atoms with van der Waals surface area (Å²) in [5.74, 6) is 2.45. The molecule has 1 amide bonds. The summed E-state index contributed by atoms with van der Waals surface area (Å²) in [6.07, 6.45) is 5.12. The first-order valence-electron chi connectivity index (χ1n) is 6.25. The molecule has 1 aliphatic heterocycles. The van der Waals surface area contributed by atoms with Gasteiger partial charge in [0.25, 0.3) is 0 Å². The second kappa shape index (κ2) is 6.63. The average Bonchev–Trinajstić information content (AvgIpc) is 2.35. The molecule has 1 N–H and O–H groups in total. The summed E-state index contributed by atoms with van der Waals surface area (Å²) in [5.41, 5.74) is 0. The molecule has 4 nitrogen and oxygen atoms in total. The summed E-state index contributed by atoms with van der Waals surface area (Å²) >= 11 is 0. The van der Waals surface area contributed by atoms with Crippen molar-refractivity contribution in [3.63, 3.8) is 0 Å². The van der Waals surface area contributed by atoms with Crippen LogP contribution in [0.5, 0.6) is 0 Å². The molecular formula is C13H23N3O. The van der Waals surface area contributed by atoms with E-state index in [0.717, 1.165) is 26.2 Å². The lowest BCUT2D eigenvalue weighted by Gasteiger charge is -2.39. The van der Waals surface area contributed by atoms with Gasteiger partial charge in [-0.25, -0.2) is 0 Å². The van der Waals surface area contributed by atoms with Crippen LogP contribution in [0.15, 0.2) is 0 Å². The topological polar surface area (TPSA) is 35.6 Å². The molecular weight excluding hydrogens is 214 g/mol. The number of carbonyl (C=O) groups excluding carboxylic acids is 1. The van der Waals surface area contributed by atoms with Crippen molar-refractivity contribution in [3.8, 4) is 12.3 Å². The SMILES string of the molecule is C#CCNC(=O)[C@H](C)N1CCN(C(C)C)CC1. The molecule has 4 heteroatoms. The molecule has 0 aromatic carbocycles. The third-order valence-corrected chi connectivity index (χ3v) is 3.37. The summed E-state index contributed by atoms with van der Waals surface area (Å²) in [6, 6.07) is 0.500. The highest BCUT2D eigenvalue weighted by atomic mass is 16.2. The number of rotatable bonds is 4. The third-order valence-electron chi connectivity index (χ3n) is 3.37. The third kappa shape index (κ3) is 4.03. The maximum absolute atomic E-state index is 11.8. The van der Waals surface area contributed by atoms with Gasteiger partial charge in [0.1, 0.15) is 0 Å². The molecule has 0 aromatic heterocycles. The van der Waals surface area contributed by atoms with E-state index in [1.54, 1.807) is 0 Å². The largest absolute Gasteiger partial charge is 0.344 e. The van der Waals surface area contributed by atoms with Crippen LogP contribution in [0.25, 0.3) is 0 Å². The molecule has 1 rings (SSSR count). The van der Waals surface area contributed by atoms with Crippen LogP contribution < -0.4 is 5.32 Å². The standard InChI is InChI=1S/C13H23N3O/c1-5-6-14-13(17)12(4)16-9-7-15(8-10-16)11(2)3/h1,11-12H,6-10H2,2-4H3,(H,14,17)/t12-/m0/s1. The van der Waals surface area contributed by atoms with Gasteiger partial charge in [-0.3, -0.25) is 14.6 Å². The molecule has 0 saturated carbocycles. The first-order valence-corrected chi connectivity index (χ1v) is 6.25. The van der Waals surface area contributed by atoms with E-state index in [4.69, 9.17) is 6.42 Å². The number of hydrogen-bond acceptors (Lipinski definition) is 3. The van der Waals surface area contributed by atoms with Crippen molar-refractivity contribution >= 4 is 5.91 Å². The van der Waals surface area contributed by atoms with Crippen LogP contribution in [0.4, 0.5) is 0 Å². The number of carbonyl (C=O) groups is 1. The Bertz CT molecular complexity index is 288. The summed E-state index contributed by atoms with van der Waals surface area (Å²) in [6.45, 7) is 10.6. The summed E-state index contributed by atoms with van der Waals surface area (Å²) < 4.78 is 0. The molecule has 1 atom stereocenters. The maximum atomic E-state index is 11.8. The van der Waals surface area contributed by atoms with Crippen molar-refractivity contribution in [2.24, 2.45) is 0 Å². The van der Waals surface area contributed by atoms with Gasteiger partial charge in [-0.05, 0) is 20.8 Å². The molecule has 0 spiro atoms. The van der Waals surface area contributed by atoms with E-state index < -0.39 is 0 Å². The van der Waals surface area contributed by atoms with Gasteiger partial charge < -0.3 is 5.32 Å². The monoisotopic (exact) mass is 237 g/mol. The zero-order valence-electron chi connectivity index (χ0n) is 11.1. The lowest BCUT2D eigenvalue weighted by Crippen LogP contribution is -2.55. The first kappa shape index (κ1) is 14.0. The van der Waals surface area contributed by atoms with Crippen LogP contribution in [0.3, 0.4) is 0 Å². The molecule has 0 radical (unpaired) electrons. The van der Waals surface area contributed by atoms with Crippen molar-refractivity contribution < 1.29 is 4.79 Å². The van der Waals surface area contributed by atoms with Crippen LogP contribution in [-0.4, -0.2) is 60.5 Å². The second-order valence-corrected chi connectivity index (χ2v) is 4.76. The summed E-state index contributed by atoms with van der Waals surface area (Å²) in [7, 11) is 0. The molecule has 0 aliphatic carbocycles. The molecule has 0 unspecified atom stereocenters. The Morgan fingerprint density at radius 3 is 2.24 bits per heavy atom. The number of nitrogens with one attached hydrogen (secondary N) is 1. The van der Waals surface area contributed by atoms with Gasteiger partial charge in [0, 0.05) is 32.2 Å². The van der Waals surface area contributed by atoms with Gasteiger partial charge in [-0.15, -0.1) is 6.42 Å². The van der Waals surface area contributed by atoms with Crippen LogP contribution in [-0.2, 0) is 4.79 Å². The van der Waals surface area contributed by atoms with Gasteiger partial charge in [0.15, 0.2) is 0 Å². The second-order valence-electron chi connectivity index (χ2n) is 4.76. The fourth-order valence-electron chi connectivity index (χ4n) is 2.09. The van der Waals surface area contributed by atoms with Crippen molar-refractivity contribution in [1.82, 2.24) is 15.1 Å². The smallest absolute Gasteiger partial charge is 0.237 e. The van der Waals surface area contributed by atoms with Gasteiger partial charge in [0.05, 0.1) is 12.6 Å². The highest BCUT2D eigenvalue weighted by Gasteiger charge is 2.25. The highest BCUT2D eigenvalue weighted by Crippen LogP contribution is 2.08.